The van der Waals surface area contributed by atoms with Crippen molar-refractivity contribution in [2.75, 3.05) is 12.8 Å². The largest absolute Gasteiger partial charge is 0.343 e. The van der Waals surface area contributed by atoms with Crippen molar-refractivity contribution in [3.8, 4) is 0 Å². The molecule has 0 aliphatic heterocycles. The van der Waals surface area contributed by atoms with Crippen LogP contribution in [0, 0.1) is 0 Å². The Labute approximate surface area is 123 Å². The van der Waals surface area contributed by atoms with Gasteiger partial charge in [-0.05, 0) is 31.5 Å². The summed E-state index contributed by atoms with van der Waals surface area (Å²) in [6, 6.07) is 5.79. The number of carbonyl (C=O) groups is 1. The number of benzene rings is 1. The molecule has 0 aromatic heterocycles. The molecule has 0 unspecified atom stereocenters. The number of nitrogens with zero attached hydrogens (tertiary/aromatic N) is 1. The van der Waals surface area contributed by atoms with E-state index >= 15 is 0 Å². The molecular formula is C13H17Cl2NOS. The van der Waals surface area contributed by atoms with Gasteiger partial charge in [0.05, 0.1) is 15.8 Å². The van der Waals surface area contributed by atoms with Gasteiger partial charge in [-0.25, -0.2) is 0 Å². The molecule has 0 aliphatic carbocycles. The molecule has 0 saturated carbocycles. The van der Waals surface area contributed by atoms with Crippen molar-refractivity contribution in [3.63, 3.8) is 0 Å². The van der Waals surface area contributed by atoms with Crippen LogP contribution < -0.4 is 0 Å². The number of hydrogen-bond donors (Lipinski definition) is 0. The summed E-state index contributed by atoms with van der Waals surface area (Å²) in [4.78, 5) is 13.5. The smallest absolute Gasteiger partial charge is 0.232 e. The van der Waals surface area contributed by atoms with E-state index in [9.17, 15) is 4.79 Å². The van der Waals surface area contributed by atoms with E-state index in [1.165, 1.54) is 0 Å². The van der Waals surface area contributed by atoms with Crippen LogP contribution in [0.15, 0.2) is 18.2 Å². The second-order valence-electron chi connectivity index (χ2n) is 4.34. The van der Waals surface area contributed by atoms with Crippen LogP contribution in [0.5, 0.6) is 0 Å². The van der Waals surface area contributed by atoms with Crippen LogP contribution in [0.4, 0.5) is 0 Å². The minimum atomic E-state index is 0.148. The van der Waals surface area contributed by atoms with Crippen LogP contribution in [0.25, 0.3) is 0 Å². The zero-order valence-electron chi connectivity index (χ0n) is 10.7. The third kappa shape index (κ3) is 4.71. The lowest BCUT2D eigenvalue weighted by Crippen LogP contribution is -2.34. The summed E-state index contributed by atoms with van der Waals surface area (Å²) >= 11 is 13.4. The van der Waals surface area contributed by atoms with E-state index in [1.54, 1.807) is 22.7 Å². The highest BCUT2D eigenvalue weighted by atomic mass is 35.5. The summed E-state index contributed by atoms with van der Waals surface area (Å²) in [7, 11) is 1.83. The van der Waals surface area contributed by atoms with Gasteiger partial charge in [0.1, 0.15) is 0 Å². The van der Waals surface area contributed by atoms with Crippen molar-refractivity contribution < 1.29 is 4.79 Å². The highest BCUT2D eigenvalue weighted by Gasteiger charge is 2.11. The number of carbonyl (C=O) groups excluding carboxylic acids is 1. The molecule has 0 N–H and O–H groups in total. The van der Waals surface area contributed by atoms with Crippen LogP contribution in [-0.2, 0) is 10.5 Å². The zero-order valence-corrected chi connectivity index (χ0v) is 13.1. The number of halogens is 2. The Morgan fingerprint density at radius 2 is 2.00 bits per heavy atom. The van der Waals surface area contributed by atoms with E-state index < -0.39 is 0 Å². The molecule has 1 amide bonds. The molecule has 18 heavy (non-hydrogen) atoms. The summed E-state index contributed by atoms with van der Waals surface area (Å²) < 4.78 is 0. The summed E-state index contributed by atoms with van der Waals surface area (Å²) in [5.41, 5.74) is 1.08. The van der Waals surface area contributed by atoms with Gasteiger partial charge in [0.2, 0.25) is 5.91 Å². The fraction of sp³-hybridized carbons (Fsp3) is 0.462. The summed E-state index contributed by atoms with van der Waals surface area (Å²) in [6.45, 7) is 4.00. The van der Waals surface area contributed by atoms with E-state index in [0.717, 1.165) is 11.3 Å². The van der Waals surface area contributed by atoms with Gasteiger partial charge in [0.25, 0.3) is 0 Å². The molecule has 2 nitrogen and oxygen atoms in total. The first-order valence-electron chi connectivity index (χ1n) is 5.69. The summed E-state index contributed by atoms with van der Waals surface area (Å²) in [6.07, 6.45) is 0. The Bertz CT molecular complexity index is 423. The van der Waals surface area contributed by atoms with E-state index in [4.69, 9.17) is 23.2 Å². The van der Waals surface area contributed by atoms with Crippen molar-refractivity contribution in [3.05, 3.63) is 33.8 Å². The maximum atomic E-state index is 11.8. The first-order valence-corrected chi connectivity index (χ1v) is 7.60. The van der Waals surface area contributed by atoms with Crippen LogP contribution in [0.2, 0.25) is 10.0 Å². The molecule has 0 saturated heterocycles. The van der Waals surface area contributed by atoms with Gasteiger partial charge in [-0.2, -0.15) is 0 Å². The van der Waals surface area contributed by atoms with E-state index in [1.807, 2.05) is 33.0 Å². The SMILES string of the molecule is CC(C)N(C)C(=O)CSCc1ccc(Cl)c(Cl)c1. The Morgan fingerprint density at radius 1 is 1.33 bits per heavy atom. The maximum absolute atomic E-state index is 11.8. The third-order valence-electron chi connectivity index (χ3n) is 2.65. The molecule has 0 spiro atoms. The topological polar surface area (TPSA) is 20.3 Å². The van der Waals surface area contributed by atoms with Crippen molar-refractivity contribution >= 4 is 40.9 Å². The van der Waals surface area contributed by atoms with E-state index in [0.29, 0.717) is 15.8 Å². The Morgan fingerprint density at radius 3 is 2.56 bits per heavy atom. The maximum Gasteiger partial charge on any atom is 0.232 e. The highest BCUT2D eigenvalue weighted by molar-refractivity contribution is 7.99. The number of rotatable bonds is 5. The predicted octanol–water partition coefficient (Wildman–Crippen LogP) is 4.09. The molecular weight excluding hydrogens is 289 g/mol. The van der Waals surface area contributed by atoms with Gasteiger partial charge in [-0.1, -0.05) is 29.3 Å². The average Bonchev–Trinajstić information content (AvgIpc) is 2.32. The zero-order chi connectivity index (χ0) is 13.7. The number of amides is 1. The first kappa shape index (κ1) is 15.7. The molecule has 1 aromatic carbocycles. The van der Waals surface area contributed by atoms with Crippen LogP contribution in [0.3, 0.4) is 0 Å². The molecule has 0 aliphatic rings. The van der Waals surface area contributed by atoms with Crippen molar-refractivity contribution in [1.82, 2.24) is 4.90 Å². The highest BCUT2D eigenvalue weighted by Crippen LogP contribution is 2.24. The molecule has 0 bridgehead atoms. The molecule has 0 radical (unpaired) electrons. The molecule has 5 heteroatoms. The Balaban J connectivity index is 2.42. The summed E-state index contributed by atoms with van der Waals surface area (Å²) in [5.74, 6) is 1.39. The van der Waals surface area contributed by atoms with Gasteiger partial charge < -0.3 is 4.90 Å². The minimum absolute atomic E-state index is 0.148. The van der Waals surface area contributed by atoms with Gasteiger partial charge >= 0.3 is 0 Å². The second kappa shape index (κ2) is 7.27. The second-order valence-corrected chi connectivity index (χ2v) is 6.14. The monoisotopic (exact) mass is 305 g/mol. The molecule has 100 valence electrons. The van der Waals surface area contributed by atoms with Gasteiger partial charge in [0, 0.05) is 18.8 Å². The van der Waals surface area contributed by atoms with Crippen LogP contribution >= 0.6 is 35.0 Å². The molecule has 0 heterocycles. The van der Waals surface area contributed by atoms with Gasteiger partial charge in [0.15, 0.2) is 0 Å². The van der Waals surface area contributed by atoms with Gasteiger partial charge in [-0.3, -0.25) is 4.79 Å². The quantitative estimate of drug-likeness (QED) is 0.816. The van der Waals surface area contributed by atoms with Crippen molar-refractivity contribution in [1.29, 1.82) is 0 Å². The van der Waals surface area contributed by atoms with E-state index in [-0.39, 0.29) is 11.9 Å². The van der Waals surface area contributed by atoms with Gasteiger partial charge in [-0.15, -0.1) is 11.8 Å². The van der Waals surface area contributed by atoms with Crippen LogP contribution in [0.1, 0.15) is 19.4 Å². The fourth-order valence-electron chi connectivity index (χ4n) is 1.28. The standard InChI is InChI=1S/C13H17Cl2NOS/c1-9(2)16(3)13(17)8-18-7-10-4-5-11(14)12(15)6-10/h4-6,9H,7-8H2,1-3H3. The number of thioether (sulfide) groups is 1. The summed E-state index contributed by atoms with van der Waals surface area (Å²) in [5, 5.41) is 1.11. The van der Waals surface area contributed by atoms with Crippen molar-refractivity contribution in [2.45, 2.75) is 25.6 Å². The molecule has 0 atom stereocenters. The molecule has 0 fully saturated rings. The predicted molar refractivity (Wildman–Crippen MR) is 80.5 cm³/mol. The van der Waals surface area contributed by atoms with Crippen molar-refractivity contribution in [2.24, 2.45) is 0 Å². The Hall–Kier alpha value is -0.380. The molecule has 1 aromatic rings. The Kier molecular flexibility index (Phi) is 6.33. The molecule has 1 rings (SSSR count). The average molecular weight is 306 g/mol. The first-order chi connectivity index (χ1) is 8.41. The number of hydrogen-bond acceptors (Lipinski definition) is 2. The lowest BCUT2D eigenvalue weighted by Gasteiger charge is -2.21. The lowest BCUT2D eigenvalue weighted by atomic mass is 10.2. The fourth-order valence-corrected chi connectivity index (χ4v) is 2.49. The minimum Gasteiger partial charge on any atom is -0.343 e. The third-order valence-corrected chi connectivity index (χ3v) is 4.37. The van der Waals surface area contributed by atoms with Crippen LogP contribution in [-0.4, -0.2) is 29.6 Å². The lowest BCUT2D eigenvalue weighted by molar-refractivity contribution is -0.128. The van der Waals surface area contributed by atoms with E-state index in [2.05, 4.69) is 0 Å². The normalized spacial score (nSPS) is 10.8.